The van der Waals surface area contributed by atoms with Crippen LogP contribution >= 0.6 is 0 Å². The lowest BCUT2D eigenvalue weighted by atomic mass is 9.90. The number of carbonyl (C=O) groups excluding carboxylic acids is 2. The average molecular weight is 397 g/mol. The molecule has 0 spiro atoms. The molecule has 0 aliphatic carbocycles. The Labute approximate surface area is 172 Å². The second-order valence-corrected chi connectivity index (χ2v) is 7.46. The monoisotopic (exact) mass is 397 g/mol. The first kappa shape index (κ1) is 18.3. The highest BCUT2D eigenvalue weighted by atomic mass is 16.3. The Hall–Kier alpha value is -3.77. The number of anilines is 1. The van der Waals surface area contributed by atoms with Crippen molar-refractivity contribution in [1.29, 1.82) is 0 Å². The zero-order chi connectivity index (χ0) is 20.7. The van der Waals surface area contributed by atoms with Crippen molar-refractivity contribution < 1.29 is 14.7 Å². The number of aliphatic hydroxyl groups is 1. The number of amides is 1. The molecule has 1 aliphatic heterocycles. The lowest BCUT2D eigenvalue weighted by molar-refractivity contribution is -0.136. The number of hydrogen-bond donors (Lipinski definition) is 2. The van der Waals surface area contributed by atoms with Crippen LogP contribution in [0.2, 0.25) is 0 Å². The fourth-order valence-corrected chi connectivity index (χ4v) is 4.00. The molecule has 1 amide bonds. The van der Waals surface area contributed by atoms with Crippen LogP contribution in [0.3, 0.4) is 0 Å². The van der Waals surface area contributed by atoms with E-state index in [0.29, 0.717) is 23.3 Å². The number of rotatable bonds is 5. The summed E-state index contributed by atoms with van der Waals surface area (Å²) in [5.41, 5.74) is 1.46. The minimum atomic E-state index is -1.93. The minimum Gasteiger partial charge on any atom is -0.375 e. The number of nitrogens with one attached hydrogen (secondary N) is 1. The Balaban J connectivity index is 1.49. The molecule has 0 unspecified atom stereocenters. The van der Waals surface area contributed by atoms with Gasteiger partial charge in [-0.15, -0.1) is 0 Å². The van der Waals surface area contributed by atoms with Crippen molar-refractivity contribution in [2.45, 2.75) is 18.6 Å². The Morgan fingerprint density at radius 1 is 0.967 bits per heavy atom. The van der Waals surface area contributed by atoms with E-state index in [-0.39, 0.29) is 12.2 Å². The van der Waals surface area contributed by atoms with Crippen molar-refractivity contribution >= 4 is 28.4 Å². The number of fused-ring (bicyclic) bond motifs is 2. The third-order valence-corrected chi connectivity index (χ3v) is 5.49. The second-order valence-electron chi connectivity index (χ2n) is 7.46. The molecule has 4 aromatic rings. The van der Waals surface area contributed by atoms with E-state index in [1.807, 2.05) is 54.6 Å². The molecule has 0 saturated carbocycles. The number of aromatic nitrogens is 2. The maximum absolute atomic E-state index is 13.3. The lowest BCUT2D eigenvalue weighted by Gasteiger charge is -2.22. The molecular weight excluding hydrogens is 378 g/mol. The van der Waals surface area contributed by atoms with Gasteiger partial charge in [0.25, 0.3) is 5.91 Å². The summed E-state index contributed by atoms with van der Waals surface area (Å²) < 4.78 is 0. The van der Waals surface area contributed by atoms with Gasteiger partial charge in [-0.25, -0.2) is 4.98 Å². The molecule has 1 aliphatic rings. The van der Waals surface area contributed by atoms with Crippen LogP contribution in [-0.2, 0) is 16.9 Å². The number of nitrogens with zero attached hydrogens (tertiary/aromatic N) is 2. The largest absolute Gasteiger partial charge is 0.375 e. The van der Waals surface area contributed by atoms with E-state index in [0.717, 1.165) is 11.1 Å². The van der Waals surface area contributed by atoms with Gasteiger partial charge in [-0.1, -0.05) is 60.7 Å². The Kier molecular flexibility index (Phi) is 4.22. The fraction of sp³-hybridized carbons (Fsp3) is 0.125. The number of aromatic amines is 1. The summed E-state index contributed by atoms with van der Waals surface area (Å²) in [6.45, 7) is 0.317. The van der Waals surface area contributed by atoms with Crippen molar-refractivity contribution in [3.63, 3.8) is 0 Å². The van der Waals surface area contributed by atoms with E-state index in [1.54, 1.807) is 24.3 Å². The van der Waals surface area contributed by atoms with E-state index < -0.39 is 17.3 Å². The Morgan fingerprint density at radius 2 is 1.67 bits per heavy atom. The quantitative estimate of drug-likeness (QED) is 0.504. The van der Waals surface area contributed by atoms with Crippen LogP contribution in [0.1, 0.15) is 28.2 Å². The van der Waals surface area contributed by atoms with Crippen molar-refractivity contribution in [3.8, 4) is 0 Å². The van der Waals surface area contributed by atoms with Crippen molar-refractivity contribution in [3.05, 3.63) is 95.8 Å². The SMILES string of the molecule is O=C(C[C@@]1(O)C(=O)N(Cc2ccccc2)c2ccccc21)c1nc2ccccc2[nH]1. The average Bonchev–Trinajstić information content (AvgIpc) is 3.29. The predicted octanol–water partition coefficient (Wildman–Crippen LogP) is 3.57. The number of H-pyrrole nitrogens is 1. The van der Waals surface area contributed by atoms with Gasteiger partial charge in [-0.05, 0) is 23.8 Å². The van der Waals surface area contributed by atoms with E-state index in [9.17, 15) is 14.7 Å². The first-order valence-corrected chi connectivity index (χ1v) is 9.72. The minimum absolute atomic E-state index is 0.136. The van der Waals surface area contributed by atoms with Crippen LogP contribution in [0.5, 0.6) is 0 Å². The van der Waals surface area contributed by atoms with E-state index in [4.69, 9.17) is 0 Å². The van der Waals surface area contributed by atoms with E-state index in [2.05, 4.69) is 9.97 Å². The summed E-state index contributed by atoms with van der Waals surface area (Å²) in [6, 6.07) is 23.9. The molecule has 5 rings (SSSR count). The van der Waals surface area contributed by atoms with Gasteiger partial charge in [0.2, 0.25) is 5.78 Å². The molecule has 30 heavy (non-hydrogen) atoms. The number of ketones is 1. The first-order chi connectivity index (χ1) is 14.6. The number of imidazole rings is 1. The number of benzene rings is 3. The number of carbonyl (C=O) groups is 2. The van der Waals surface area contributed by atoms with Gasteiger partial charge < -0.3 is 15.0 Å². The lowest BCUT2D eigenvalue weighted by Crippen LogP contribution is -2.41. The number of para-hydroxylation sites is 3. The molecule has 1 atom stereocenters. The predicted molar refractivity (Wildman–Crippen MR) is 113 cm³/mol. The molecule has 0 radical (unpaired) electrons. The third kappa shape index (κ3) is 2.89. The van der Waals surface area contributed by atoms with Crippen LogP contribution in [0.15, 0.2) is 78.9 Å². The summed E-state index contributed by atoms with van der Waals surface area (Å²) in [4.78, 5) is 35.1. The maximum Gasteiger partial charge on any atom is 0.264 e. The van der Waals surface area contributed by atoms with Gasteiger partial charge in [-0.3, -0.25) is 9.59 Å². The number of hydrogen-bond acceptors (Lipinski definition) is 4. The van der Waals surface area contributed by atoms with Gasteiger partial charge in [-0.2, -0.15) is 0 Å². The van der Waals surface area contributed by atoms with Crippen molar-refractivity contribution in [2.75, 3.05) is 4.90 Å². The molecule has 0 fully saturated rings. The molecule has 6 heteroatoms. The number of Topliss-reactive ketones (excluding diaryl/α,β-unsaturated/α-hetero) is 1. The topological polar surface area (TPSA) is 86.3 Å². The summed E-state index contributed by atoms with van der Waals surface area (Å²) in [5.74, 6) is -0.785. The van der Waals surface area contributed by atoms with Crippen molar-refractivity contribution in [2.24, 2.45) is 0 Å². The van der Waals surface area contributed by atoms with Gasteiger partial charge >= 0.3 is 0 Å². The van der Waals surface area contributed by atoms with Gasteiger partial charge in [0.1, 0.15) is 0 Å². The van der Waals surface area contributed by atoms with Crippen molar-refractivity contribution in [1.82, 2.24) is 9.97 Å². The van der Waals surface area contributed by atoms with Crippen LogP contribution in [0, 0.1) is 0 Å². The Bertz CT molecular complexity index is 1230. The molecule has 2 heterocycles. The van der Waals surface area contributed by atoms with Gasteiger partial charge in [0.15, 0.2) is 11.4 Å². The normalized spacial score (nSPS) is 18.0. The summed E-state index contributed by atoms with van der Waals surface area (Å²) in [7, 11) is 0. The van der Waals surface area contributed by atoms with Gasteiger partial charge in [0, 0.05) is 5.56 Å². The van der Waals surface area contributed by atoms with E-state index in [1.165, 1.54) is 4.90 Å². The zero-order valence-corrected chi connectivity index (χ0v) is 16.1. The first-order valence-electron chi connectivity index (χ1n) is 9.72. The Morgan fingerprint density at radius 3 is 2.47 bits per heavy atom. The summed E-state index contributed by atoms with van der Waals surface area (Å²) >= 11 is 0. The molecule has 3 aromatic carbocycles. The van der Waals surface area contributed by atoms with Crippen LogP contribution in [-0.4, -0.2) is 26.8 Å². The smallest absolute Gasteiger partial charge is 0.264 e. The molecule has 2 N–H and O–H groups in total. The molecule has 148 valence electrons. The summed E-state index contributed by atoms with van der Waals surface area (Å²) in [5, 5.41) is 11.4. The highest BCUT2D eigenvalue weighted by Crippen LogP contribution is 2.43. The van der Waals surface area contributed by atoms with E-state index >= 15 is 0 Å². The van der Waals surface area contributed by atoms with Crippen LogP contribution in [0.25, 0.3) is 11.0 Å². The fourth-order valence-electron chi connectivity index (χ4n) is 4.00. The highest BCUT2D eigenvalue weighted by Gasteiger charge is 2.51. The van der Waals surface area contributed by atoms with Gasteiger partial charge in [0.05, 0.1) is 29.7 Å². The van der Waals surface area contributed by atoms with Crippen LogP contribution in [0.4, 0.5) is 5.69 Å². The second kappa shape index (κ2) is 6.93. The third-order valence-electron chi connectivity index (χ3n) is 5.49. The molecular formula is C24H19N3O3. The molecule has 0 bridgehead atoms. The van der Waals surface area contributed by atoms with Crippen LogP contribution < -0.4 is 4.90 Å². The highest BCUT2D eigenvalue weighted by molar-refractivity contribution is 6.10. The standard InChI is InChI=1S/C24H19N3O3/c28-21(22-25-18-11-5-6-12-19(18)26-22)14-24(30)17-10-4-7-13-20(17)27(23(24)29)15-16-8-2-1-3-9-16/h1-13,30H,14-15H2,(H,25,26)/t24-/m0/s1. The molecule has 6 nitrogen and oxygen atoms in total. The maximum atomic E-state index is 13.3. The summed E-state index contributed by atoms with van der Waals surface area (Å²) in [6.07, 6.45) is -0.381. The molecule has 0 saturated heterocycles. The molecule has 1 aromatic heterocycles. The zero-order valence-electron chi connectivity index (χ0n) is 16.1.